The zero-order valence-corrected chi connectivity index (χ0v) is 22.5. The Balaban J connectivity index is 2.02. The van der Waals surface area contributed by atoms with Crippen molar-refractivity contribution >= 4 is 6.08 Å². The van der Waals surface area contributed by atoms with Crippen molar-refractivity contribution in [2.24, 2.45) is 0 Å². The van der Waals surface area contributed by atoms with Gasteiger partial charge in [-0.2, -0.15) is 0 Å². The van der Waals surface area contributed by atoms with Gasteiger partial charge in [0.25, 0.3) is 0 Å². The lowest BCUT2D eigenvalue weighted by atomic mass is 9.69. The van der Waals surface area contributed by atoms with Crippen molar-refractivity contribution < 1.29 is 9.50 Å². The zero-order valence-electron chi connectivity index (χ0n) is 22.5. The molecule has 0 fully saturated rings. The summed E-state index contributed by atoms with van der Waals surface area (Å²) >= 11 is 0. The van der Waals surface area contributed by atoms with Crippen LogP contribution in [-0.4, -0.2) is 10.7 Å². The van der Waals surface area contributed by atoms with Gasteiger partial charge in [-0.25, -0.2) is 4.39 Å². The molecule has 0 spiro atoms. The van der Waals surface area contributed by atoms with Crippen LogP contribution in [0.5, 0.6) is 0 Å². The number of hydrogen-bond donors (Lipinski definition) is 1. The van der Waals surface area contributed by atoms with E-state index in [1.807, 2.05) is 32.1 Å². The maximum Gasteiger partial charge on any atom is 0.126 e. The molecule has 0 unspecified atom stereocenters. The van der Waals surface area contributed by atoms with E-state index in [-0.39, 0.29) is 11.2 Å². The van der Waals surface area contributed by atoms with E-state index in [1.165, 1.54) is 16.7 Å². The fourth-order valence-electron chi connectivity index (χ4n) is 5.17. The molecule has 0 bridgehead atoms. The average molecular weight is 473 g/mol. The second kappa shape index (κ2) is 10.9. The Morgan fingerprint density at radius 2 is 1.31 bits per heavy atom. The lowest BCUT2D eigenvalue weighted by molar-refractivity contribution is 0.0836. The predicted octanol–water partition coefficient (Wildman–Crippen LogP) is 9.09. The number of benzene rings is 3. The second-order valence-corrected chi connectivity index (χ2v) is 10.00. The third kappa shape index (κ3) is 5.43. The fourth-order valence-corrected chi connectivity index (χ4v) is 5.17. The van der Waals surface area contributed by atoms with Gasteiger partial charge in [0.15, 0.2) is 0 Å². The quantitative estimate of drug-likeness (QED) is 0.329. The van der Waals surface area contributed by atoms with Crippen LogP contribution in [-0.2, 0) is 5.41 Å². The summed E-state index contributed by atoms with van der Waals surface area (Å²) in [4.78, 5) is 0. The van der Waals surface area contributed by atoms with Gasteiger partial charge in [-0.15, -0.1) is 0 Å². The van der Waals surface area contributed by atoms with Crippen LogP contribution in [0.15, 0.2) is 60.7 Å². The Morgan fingerprint density at radius 3 is 1.83 bits per heavy atom. The minimum absolute atomic E-state index is 0.0948. The Labute approximate surface area is 211 Å². The van der Waals surface area contributed by atoms with Crippen LogP contribution >= 0.6 is 0 Å². The molecule has 1 nitrogen and oxygen atoms in total. The van der Waals surface area contributed by atoms with Crippen molar-refractivity contribution in [2.75, 3.05) is 0 Å². The van der Waals surface area contributed by atoms with Gasteiger partial charge in [-0.1, -0.05) is 88.4 Å². The van der Waals surface area contributed by atoms with Crippen molar-refractivity contribution in [3.8, 4) is 11.1 Å². The van der Waals surface area contributed by atoms with Crippen molar-refractivity contribution in [1.82, 2.24) is 0 Å². The number of aliphatic hydroxyl groups is 1. The number of halogens is 1. The van der Waals surface area contributed by atoms with E-state index in [1.54, 1.807) is 13.0 Å². The van der Waals surface area contributed by atoms with Gasteiger partial charge in [-0.3, -0.25) is 0 Å². The largest absolute Gasteiger partial charge is 0.386 e. The first kappa shape index (κ1) is 26.9. The topological polar surface area (TPSA) is 20.2 Å². The number of hydrogen-bond acceptors (Lipinski definition) is 1. The molecule has 1 N–H and O–H groups in total. The summed E-state index contributed by atoms with van der Waals surface area (Å²) in [5.74, 6) is -0.164. The Kier molecular flexibility index (Phi) is 8.38. The van der Waals surface area contributed by atoms with Crippen LogP contribution in [0.2, 0.25) is 0 Å². The van der Waals surface area contributed by atoms with Crippen LogP contribution in [0, 0.1) is 26.6 Å². The third-order valence-corrected chi connectivity index (χ3v) is 8.09. The van der Waals surface area contributed by atoms with Crippen molar-refractivity contribution in [1.29, 1.82) is 0 Å². The molecule has 186 valence electrons. The van der Waals surface area contributed by atoms with Crippen molar-refractivity contribution in [2.45, 2.75) is 85.2 Å². The summed E-state index contributed by atoms with van der Waals surface area (Å²) in [6, 6.07) is 18.9. The molecule has 0 amide bonds. The minimum atomic E-state index is -0.749. The van der Waals surface area contributed by atoms with Gasteiger partial charge in [0.1, 0.15) is 5.82 Å². The maximum absolute atomic E-state index is 14.2. The van der Waals surface area contributed by atoms with Gasteiger partial charge in [0.05, 0.1) is 5.60 Å². The van der Waals surface area contributed by atoms with Crippen molar-refractivity contribution in [3.63, 3.8) is 0 Å². The molecule has 2 heteroatoms. The molecule has 0 aromatic heterocycles. The summed E-state index contributed by atoms with van der Waals surface area (Å²) in [7, 11) is 0. The maximum atomic E-state index is 14.2. The second-order valence-electron chi connectivity index (χ2n) is 10.00. The third-order valence-electron chi connectivity index (χ3n) is 8.09. The van der Waals surface area contributed by atoms with Gasteiger partial charge < -0.3 is 5.11 Å². The lowest BCUT2D eigenvalue weighted by Gasteiger charge is -2.34. The van der Waals surface area contributed by atoms with Gasteiger partial charge in [0, 0.05) is 5.41 Å². The lowest BCUT2D eigenvalue weighted by Crippen LogP contribution is -2.26. The summed E-state index contributed by atoms with van der Waals surface area (Å²) in [6.07, 6.45) is 7.39. The van der Waals surface area contributed by atoms with Crippen LogP contribution in [0.4, 0.5) is 4.39 Å². The molecule has 0 saturated heterocycles. The molecule has 3 rings (SSSR count). The van der Waals surface area contributed by atoms with Crippen LogP contribution in [0.1, 0.15) is 86.8 Å². The van der Waals surface area contributed by atoms with E-state index in [0.29, 0.717) is 18.4 Å². The molecule has 3 aromatic rings. The van der Waals surface area contributed by atoms with Gasteiger partial charge >= 0.3 is 0 Å². The van der Waals surface area contributed by atoms with Crippen LogP contribution in [0.3, 0.4) is 0 Å². The highest BCUT2D eigenvalue weighted by atomic mass is 19.1. The standard InChI is InChI=1S/C33H41FO/c1-8-32(35,9-2)19-18-26-14-15-28(20-24(26)6)33(10-3,11-4)29-16-17-30(25(7)21-29)27-13-12-23(5)31(34)22-27/h12-22,35H,8-11H2,1-7H3/b19-18+. The van der Waals surface area contributed by atoms with E-state index in [9.17, 15) is 9.50 Å². The first-order valence-electron chi connectivity index (χ1n) is 13.0. The van der Waals surface area contributed by atoms with Gasteiger partial charge in [0.2, 0.25) is 0 Å². The Hall–Kier alpha value is -2.71. The van der Waals surface area contributed by atoms with E-state index in [0.717, 1.165) is 35.1 Å². The summed E-state index contributed by atoms with van der Waals surface area (Å²) in [6.45, 7) is 14.6. The first-order chi connectivity index (χ1) is 16.6. The molecule has 0 atom stereocenters. The highest BCUT2D eigenvalue weighted by molar-refractivity contribution is 5.68. The SMILES string of the molecule is CCC(O)(/C=C/c1ccc(C(CC)(CC)c2ccc(-c3ccc(C)c(F)c3)c(C)c2)cc1C)CC. The molecular formula is C33H41FO. The number of rotatable bonds is 9. The molecule has 0 aliphatic heterocycles. The van der Waals surface area contributed by atoms with Crippen molar-refractivity contribution in [3.05, 3.63) is 99.9 Å². The van der Waals surface area contributed by atoms with Gasteiger partial charge in [-0.05, 0) is 97.0 Å². The minimum Gasteiger partial charge on any atom is -0.386 e. The molecule has 0 heterocycles. The molecule has 0 saturated carbocycles. The first-order valence-corrected chi connectivity index (χ1v) is 13.0. The molecule has 0 aliphatic carbocycles. The number of aryl methyl sites for hydroxylation is 3. The molecular weight excluding hydrogens is 431 g/mol. The van der Waals surface area contributed by atoms with Crippen LogP contribution in [0.25, 0.3) is 17.2 Å². The Morgan fingerprint density at radius 1 is 0.714 bits per heavy atom. The van der Waals surface area contributed by atoms with E-state index >= 15 is 0 Å². The zero-order chi connectivity index (χ0) is 25.8. The average Bonchev–Trinajstić information content (AvgIpc) is 2.86. The fraction of sp³-hybridized carbons (Fsp3) is 0.394. The molecule has 0 radical (unpaired) electrons. The van der Waals surface area contributed by atoms with E-state index in [4.69, 9.17) is 0 Å². The molecule has 3 aromatic carbocycles. The van der Waals surface area contributed by atoms with Crippen LogP contribution < -0.4 is 0 Å². The monoisotopic (exact) mass is 472 g/mol. The summed E-state index contributed by atoms with van der Waals surface area (Å²) in [5, 5.41) is 10.6. The van der Waals surface area contributed by atoms with E-state index < -0.39 is 5.60 Å². The normalized spacial score (nSPS) is 12.5. The highest BCUT2D eigenvalue weighted by Gasteiger charge is 2.31. The van der Waals surface area contributed by atoms with E-state index in [2.05, 4.69) is 70.2 Å². The Bertz CT molecular complexity index is 1200. The molecule has 35 heavy (non-hydrogen) atoms. The predicted molar refractivity (Wildman–Crippen MR) is 148 cm³/mol. The summed E-state index contributed by atoms with van der Waals surface area (Å²) < 4.78 is 14.2. The highest BCUT2D eigenvalue weighted by Crippen LogP contribution is 2.41. The smallest absolute Gasteiger partial charge is 0.126 e. The molecule has 0 aliphatic rings. The summed E-state index contributed by atoms with van der Waals surface area (Å²) in [5.41, 5.74) is 7.94.